The summed E-state index contributed by atoms with van der Waals surface area (Å²) in [5.41, 5.74) is 1.89. The topological polar surface area (TPSA) is 55.1 Å². The van der Waals surface area contributed by atoms with Gasteiger partial charge in [-0.05, 0) is 43.3 Å². The lowest BCUT2D eigenvalue weighted by atomic mass is 10.1. The number of benzene rings is 1. The first kappa shape index (κ1) is 14.7. The van der Waals surface area contributed by atoms with Crippen LogP contribution in [0.5, 0.6) is 0 Å². The third kappa shape index (κ3) is 3.32. The first-order valence-corrected chi connectivity index (χ1v) is 8.08. The summed E-state index contributed by atoms with van der Waals surface area (Å²) >= 11 is 0. The molecule has 0 saturated carbocycles. The average molecular weight is 312 g/mol. The van der Waals surface area contributed by atoms with Crippen LogP contribution in [-0.4, -0.2) is 9.19 Å². The summed E-state index contributed by atoms with van der Waals surface area (Å²) in [5.74, 6) is 0.680. The van der Waals surface area contributed by atoms with E-state index in [4.69, 9.17) is 4.42 Å². The SMILES string of the molecule is Cc1ccc(S(=O)N[C@H](c2ccccn2)c2ccco2)cc1. The maximum Gasteiger partial charge on any atom is 0.127 e. The molecule has 2 heterocycles. The normalized spacial score (nSPS) is 13.7. The Labute approximate surface area is 131 Å². The molecule has 3 rings (SSSR count). The molecule has 0 spiro atoms. The zero-order chi connectivity index (χ0) is 15.4. The van der Waals surface area contributed by atoms with Crippen LogP contribution in [0.15, 0.2) is 76.4 Å². The smallest absolute Gasteiger partial charge is 0.127 e. The van der Waals surface area contributed by atoms with E-state index in [0.29, 0.717) is 5.76 Å². The number of hydrogen-bond donors (Lipinski definition) is 1. The highest BCUT2D eigenvalue weighted by atomic mass is 32.2. The fraction of sp³-hybridized carbons (Fsp3) is 0.118. The van der Waals surface area contributed by atoms with Crippen molar-refractivity contribution in [1.29, 1.82) is 0 Å². The van der Waals surface area contributed by atoms with Gasteiger partial charge in [-0.25, -0.2) is 8.93 Å². The first-order valence-electron chi connectivity index (χ1n) is 6.93. The Kier molecular flexibility index (Phi) is 4.46. The van der Waals surface area contributed by atoms with Crippen LogP contribution >= 0.6 is 0 Å². The summed E-state index contributed by atoms with van der Waals surface area (Å²) in [4.78, 5) is 5.06. The van der Waals surface area contributed by atoms with E-state index >= 15 is 0 Å². The molecule has 0 radical (unpaired) electrons. The van der Waals surface area contributed by atoms with E-state index in [1.807, 2.05) is 61.5 Å². The van der Waals surface area contributed by atoms with Crippen molar-refractivity contribution in [3.05, 3.63) is 84.1 Å². The predicted molar refractivity (Wildman–Crippen MR) is 85.5 cm³/mol. The Morgan fingerprint density at radius 3 is 2.55 bits per heavy atom. The van der Waals surface area contributed by atoms with Crippen molar-refractivity contribution >= 4 is 11.0 Å². The molecule has 5 heteroatoms. The monoisotopic (exact) mass is 312 g/mol. The molecule has 1 N–H and O–H groups in total. The predicted octanol–water partition coefficient (Wildman–Crippen LogP) is 3.38. The number of aromatic nitrogens is 1. The maximum absolute atomic E-state index is 12.6. The zero-order valence-corrected chi connectivity index (χ0v) is 12.9. The third-order valence-corrected chi connectivity index (χ3v) is 4.42. The van der Waals surface area contributed by atoms with Crippen LogP contribution in [0.1, 0.15) is 23.1 Å². The van der Waals surface area contributed by atoms with Crippen LogP contribution in [0.25, 0.3) is 0 Å². The maximum atomic E-state index is 12.6. The summed E-state index contributed by atoms with van der Waals surface area (Å²) < 4.78 is 21.1. The molecule has 0 bridgehead atoms. The van der Waals surface area contributed by atoms with Gasteiger partial charge in [0.2, 0.25) is 0 Å². The molecule has 2 aromatic heterocycles. The fourth-order valence-electron chi connectivity index (χ4n) is 2.10. The fourth-order valence-corrected chi connectivity index (χ4v) is 3.07. The number of nitrogens with one attached hydrogen (secondary N) is 1. The van der Waals surface area contributed by atoms with Gasteiger partial charge in [0.1, 0.15) is 22.8 Å². The summed E-state index contributed by atoms with van der Waals surface area (Å²) in [6, 6.07) is 16.5. The van der Waals surface area contributed by atoms with Crippen LogP contribution < -0.4 is 4.72 Å². The molecule has 2 atom stereocenters. The number of aryl methyl sites for hydroxylation is 1. The molecule has 112 valence electrons. The Balaban J connectivity index is 1.87. The zero-order valence-electron chi connectivity index (χ0n) is 12.1. The van der Waals surface area contributed by atoms with Gasteiger partial charge in [0, 0.05) is 6.20 Å². The van der Waals surface area contributed by atoms with Gasteiger partial charge >= 0.3 is 0 Å². The molecular weight excluding hydrogens is 296 g/mol. The molecule has 22 heavy (non-hydrogen) atoms. The highest BCUT2D eigenvalue weighted by molar-refractivity contribution is 7.83. The molecule has 0 aliphatic rings. The minimum Gasteiger partial charge on any atom is -0.467 e. The van der Waals surface area contributed by atoms with Gasteiger partial charge in [0.25, 0.3) is 0 Å². The summed E-state index contributed by atoms with van der Waals surface area (Å²) in [7, 11) is -1.36. The Morgan fingerprint density at radius 2 is 1.91 bits per heavy atom. The van der Waals surface area contributed by atoms with Crippen molar-refractivity contribution in [2.24, 2.45) is 0 Å². The third-order valence-electron chi connectivity index (χ3n) is 3.27. The molecule has 3 aromatic rings. The van der Waals surface area contributed by atoms with E-state index in [0.717, 1.165) is 16.2 Å². The van der Waals surface area contributed by atoms with Crippen molar-refractivity contribution in [3.8, 4) is 0 Å². The lowest BCUT2D eigenvalue weighted by Gasteiger charge is -2.15. The average Bonchev–Trinajstić information content (AvgIpc) is 3.08. The molecule has 1 unspecified atom stereocenters. The standard InChI is InChI=1S/C17H16N2O2S/c1-13-7-9-14(10-8-13)22(20)19-17(16-6-4-12-21-16)15-5-2-3-11-18-15/h2-12,17,19H,1H3/t17-,22?/m1/s1. The summed E-state index contributed by atoms with van der Waals surface area (Å²) in [6.07, 6.45) is 3.31. The molecular formula is C17H16N2O2S. The highest BCUT2D eigenvalue weighted by Crippen LogP contribution is 2.22. The second kappa shape index (κ2) is 6.68. The van der Waals surface area contributed by atoms with Gasteiger partial charge in [-0.15, -0.1) is 0 Å². The second-order valence-corrected chi connectivity index (χ2v) is 6.15. The molecule has 1 aromatic carbocycles. The molecule has 4 nitrogen and oxygen atoms in total. The minimum atomic E-state index is -1.36. The Morgan fingerprint density at radius 1 is 1.09 bits per heavy atom. The van der Waals surface area contributed by atoms with Gasteiger partial charge in [0.15, 0.2) is 0 Å². The molecule has 0 aliphatic heterocycles. The number of rotatable bonds is 5. The number of furan rings is 1. The van der Waals surface area contributed by atoms with Crippen LogP contribution in [-0.2, 0) is 11.0 Å². The van der Waals surface area contributed by atoms with Gasteiger partial charge in [-0.2, -0.15) is 0 Å². The first-order chi connectivity index (χ1) is 10.7. The number of pyridine rings is 1. The van der Waals surface area contributed by atoms with E-state index in [1.54, 1.807) is 12.5 Å². The van der Waals surface area contributed by atoms with Crippen LogP contribution in [0.4, 0.5) is 0 Å². The molecule has 0 saturated heterocycles. The quantitative estimate of drug-likeness (QED) is 0.785. The van der Waals surface area contributed by atoms with E-state index in [9.17, 15) is 4.21 Å². The lowest BCUT2D eigenvalue weighted by molar-refractivity contribution is 0.474. The van der Waals surface area contributed by atoms with Crippen molar-refractivity contribution < 1.29 is 8.63 Å². The Bertz CT molecular complexity index is 740. The Hall–Kier alpha value is -2.24. The molecule has 0 amide bonds. The van der Waals surface area contributed by atoms with Crippen LogP contribution in [0.3, 0.4) is 0 Å². The van der Waals surface area contributed by atoms with E-state index in [2.05, 4.69) is 9.71 Å². The lowest BCUT2D eigenvalue weighted by Crippen LogP contribution is -2.25. The van der Waals surface area contributed by atoms with Gasteiger partial charge in [-0.3, -0.25) is 4.98 Å². The number of hydrogen-bond acceptors (Lipinski definition) is 3. The highest BCUT2D eigenvalue weighted by Gasteiger charge is 2.20. The largest absolute Gasteiger partial charge is 0.467 e. The summed E-state index contributed by atoms with van der Waals surface area (Å²) in [6.45, 7) is 2.00. The van der Waals surface area contributed by atoms with Crippen LogP contribution in [0.2, 0.25) is 0 Å². The van der Waals surface area contributed by atoms with Crippen molar-refractivity contribution in [3.63, 3.8) is 0 Å². The van der Waals surface area contributed by atoms with E-state index in [-0.39, 0.29) is 6.04 Å². The van der Waals surface area contributed by atoms with Gasteiger partial charge in [-0.1, -0.05) is 23.8 Å². The van der Waals surface area contributed by atoms with Crippen molar-refractivity contribution in [2.75, 3.05) is 0 Å². The van der Waals surface area contributed by atoms with Crippen molar-refractivity contribution in [1.82, 2.24) is 9.71 Å². The molecule has 0 fully saturated rings. The molecule has 0 aliphatic carbocycles. The second-order valence-electron chi connectivity index (χ2n) is 4.90. The van der Waals surface area contributed by atoms with Crippen molar-refractivity contribution in [2.45, 2.75) is 17.9 Å². The summed E-state index contributed by atoms with van der Waals surface area (Å²) in [5, 5.41) is 0. The van der Waals surface area contributed by atoms with Crippen LogP contribution in [0, 0.1) is 6.92 Å². The van der Waals surface area contributed by atoms with Gasteiger partial charge in [0.05, 0.1) is 16.9 Å². The van der Waals surface area contributed by atoms with E-state index in [1.165, 1.54) is 0 Å². The number of nitrogens with zero attached hydrogens (tertiary/aromatic N) is 1. The minimum absolute atomic E-state index is 0.363. The van der Waals surface area contributed by atoms with E-state index < -0.39 is 11.0 Å². The van der Waals surface area contributed by atoms with Gasteiger partial charge < -0.3 is 4.42 Å².